The van der Waals surface area contributed by atoms with Gasteiger partial charge in [0.15, 0.2) is 0 Å². The largest absolute Gasteiger partial charge is 0.280 e. The van der Waals surface area contributed by atoms with E-state index in [0.29, 0.717) is 11.8 Å². The summed E-state index contributed by atoms with van der Waals surface area (Å²) in [5.74, 6) is 2.40. The monoisotopic (exact) mass is 370 g/mol. The first-order chi connectivity index (χ1) is 13.6. The normalized spacial score (nSPS) is 33.5. The third-order valence-corrected chi connectivity index (χ3v) is 6.69. The lowest BCUT2D eigenvalue weighted by Crippen LogP contribution is -2.49. The maximum Gasteiger partial charge on any atom is 0.0829 e. The van der Waals surface area contributed by atoms with Gasteiger partial charge in [0.1, 0.15) is 0 Å². The van der Waals surface area contributed by atoms with Crippen LogP contribution in [0.5, 0.6) is 0 Å². The minimum Gasteiger partial charge on any atom is -0.280 e. The van der Waals surface area contributed by atoms with Crippen molar-refractivity contribution in [2.24, 2.45) is 23.7 Å². The summed E-state index contributed by atoms with van der Waals surface area (Å²) in [6.45, 7) is 7.03. The van der Waals surface area contributed by atoms with Gasteiger partial charge in [0.05, 0.1) is 11.2 Å². The fourth-order valence-electron chi connectivity index (χ4n) is 5.14. The van der Waals surface area contributed by atoms with Gasteiger partial charge < -0.3 is 0 Å². The number of nitrogens with zero attached hydrogens (tertiary/aromatic N) is 1. The number of rotatable bonds is 4. The summed E-state index contributed by atoms with van der Waals surface area (Å²) >= 11 is 0. The van der Waals surface area contributed by atoms with Crippen LogP contribution in [-0.4, -0.2) is 5.54 Å². The van der Waals surface area contributed by atoms with Crippen LogP contribution in [0.25, 0.3) is 0 Å². The number of hydrogen-bond acceptors (Lipinski definition) is 2. The average Bonchev–Trinajstić information content (AvgIpc) is 3.43. The number of fused-ring (bicyclic) bond motifs is 1. The zero-order valence-corrected chi connectivity index (χ0v) is 17.1. The molecule has 1 aromatic rings. The third-order valence-electron chi connectivity index (χ3n) is 6.69. The lowest BCUT2D eigenvalue weighted by molar-refractivity contribution is 0.485. The molecule has 2 nitrogen and oxygen atoms in total. The molecule has 1 aromatic carbocycles. The van der Waals surface area contributed by atoms with Crippen LogP contribution < -0.4 is 10.4 Å². The lowest BCUT2D eigenvalue weighted by atomic mass is 9.73. The van der Waals surface area contributed by atoms with Gasteiger partial charge in [0, 0.05) is 11.6 Å². The van der Waals surface area contributed by atoms with Crippen molar-refractivity contribution in [3.63, 3.8) is 0 Å². The van der Waals surface area contributed by atoms with Crippen molar-refractivity contribution in [2.45, 2.75) is 39.2 Å². The highest BCUT2D eigenvalue weighted by atomic mass is 15.6. The van der Waals surface area contributed by atoms with E-state index in [4.69, 9.17) is 0 Å². The summed E-state index contributed by atoms with van der Waals surface area (Å²) in [5, 5.41) is 2.36. The summed E-state index contributed by atoms with van der Waals surface area (Å²) in [7, 11) is 0. The molecular formula is C26H30N2. The van der Waals surface area contributed by atoms with E-state index in [1.807, 2.05) is 0 Å². The maximum atomic E-state index is 3.95. The number of allylic oxidation sites excluding steroid dienone is 7. The standard InChI is InChI=1S/C26H30N2/c1-18(2)25-24(19-10-6-4-7-11-19)26(3,22-15-14-20-16-21(20)17-22)27-28(25)23-12-8-5-9-13-23/h4-10,12-15,17-21,27H,11,16H2,1-3H3. The number of nitrogens with one attached hydrogen (secondary N) is 1. The first kappa shape index (κ1) is 17.8. The molecule has 4 aliphatic rings. The van der Waals surface area contributed by atoms with Crippen LogP contribution in [0.4, 0.5) is 5.69 Å². The zero-order valence-electron chi connectivity index (χ0n) is 17.1. The fourth-order valence-corrected chi connectivity index (χ4v) is 5.14. The van der Waals surface area contributed by atoms with Gasteiger partial charge >= 0.3 is 0 Å². The van der Waals surface area contributed by atoms with Gasteiger partial charge in [0.25, 0.3) is 0 Å². The van der Waals surface area contributed by atoms with Crippen molar-refractivity contribution < 1.29 is 0 Å². The van der Waals surface area contributed by atoms with Crippen molar-refractivity contribution in [3.05, 3.63) is 89.7 Å². The van der Waals surface area contributed by atoms with Gasteiger partial charge in [-0.1, -0.05) is 74.6 Å². The van der Waals surface area contributed by atoms with E-state index in [-0.39, 0.29) is 5.54 Å². The zero-order chi connectivity index (χ0) is 19.3. The SMILES string of the molecule is CC(C)C1=C(C2C=CC=CC2)C(C)(C2=CC3CC3C=C2)NN1c1ccccc1. The summed E-state index contributed by atoms with van der Waals surface area (Å²) < 4.78 is 0. The number of hydrazine groups is 1. The summed E-state index contributed by atoms with van der Waals surface area (Å²) in [5.41, 5.74) is 9.37. The Morgan fingerprint density at radius 2 is 1.89 bits per heavy atom. The van der Waals surface area contributed by atoms with E-state index >= 15 is 0 Å². The van der Waals surface area contributed by atoms with Crippen LogP contribution in [-0.2, 0) is 0 Å². The van der Waals surface area contributed by atoms with E-state index < -0.39 is 0 Å². The molecule has 144 valence electrons. The third kappa shape index (κ3) is 2.82. The average molecular weight is 371 g/mol. The molecule has 1 heterocycles. The molecular weight excluding hydrogens is 340 g/mol. The number of para-hydroxylation sites is 1. The van der Waals surface area contributed by atoms with Crippen molar-refractivity contribution in [3.8, 4) is 0 Å². The van der Waals surface area contributed by atoms with Crippen LogP contribution in [0.3, 0.4) is 0 Å². The van der Waals surface area contributed by atoms with Crippen molar-refractivity contribution >= 4 is 5.69 Å². The van der Waals surface area contributed by atoms with Crippen LogP contribution in [0.1, 0.15) is 33.6 Å². The number of hydrogen-bond donors (Lipinski definition) is 1. The Kier molecular flexibility index (Phi) is 4.21. The summed E-state index contributed by atoms with van der Waals surface area (Å²) in [6, 6.07) is 10.8. The van der Waals surface area contributed by atoms with Gasteiger partial charge in [-0.2, -0.15) is 0 Å². The Hall–Kier alpha value is -2.32. The second-order valence-corrected chi connectivity index (χ2v) is 9.06. The second kappa shape index (κ2) is 6.63. The van der Waals surface area contributed by atoms with E-state index in [0.717, 1.165) is 18.3 Å². The first-order valence-corrected chi connectivity index (χ1v) is 10.7. The van der Waals surface area contributed by atoms with Gasteiger partial charge in [0.2, 0.25) is 0 Å². The molecule has 0 spiro atoms. The molecule has 1 saturated carbocycles. The molecule has 0 radical (unpaired) electrons. The Balaban J connectivity index is 1.66. The van der Waals surface area contributed by atoms with Crippen molar-refractivity contribution in [2.75, 3.05) is 5.01 Å². The quantitative estimate of drug-likeness (QED) is 0.705. The molecule has 5 rings (SSSR count). The van der Waals surface area contributed by atoms with E-state index in [2.05, 4.69) is 104 Å². The molecule has 0 bridgehead atoms. The second-order valence-electron chi connectivity index (χ2n) is 9.06. The Morgan fingerprint density at radius 3 is 2.57 bits per heavy atom. The molecule has 1 N–H and O–H groups in total. The van der Waals surface area contributed by atoms with Crippen LogP contribution in [0.2, 0.25) is 0 Å². The van der Waals surface area contributed by atoms with E-state index in [1.54, 1.807) is 0 Å². The first-order valence-electron chi connectivity index (χ1n) is 10.7. The van der Waals surface area contributed by atoms with E-state index in [9.17, 15) is 0 Å². The molecule has 1 fully saturated rings. The minimum atomic E-state index is -0.181. The molecule has 4 atom stereocenters. The van der Waals surface area contributed by atoms with Crippen molar-refractivity contribution in [1.29, 1.82) is 0 Å². The highest BCUT2D eigenvalue weighted by molar-refractivity contribution is 5.62. The fraction of sp³-hybridized carbons (Fsp3) is 0.385. The Bertz CT molecular complexity index is 915. The van der Waals surface area contributed by atoms with E-state index in [1.165, 1.54) is 29.0 Å². The Labute approximate surface area is 169 Å². The molecule has 0 amide bonds. The number of benzene rings is 1. The van der Waals surface area contributed by atoms with Crippen LogP contribution in [0, 0.1) is 23.7 Å². The van der Waals surface area contributed by atoms with Crippen LogP contribution in [0.15, 0.2) is 89.7 Å². The predicted octanol–water partition coefficient (Wildman–Crippen LogP) is 5.94. The topological polar surface area (TPSA) is 15.3 Å². The highest BCUT2D eigenvalue weighted by Crippen LogP contribution is 2.51. The highest BCUT2D eigenvalue weighted by Gasteiger charge is 2.48. The summed E-state index contributed by atoms with van der Waals surface area (Å²) in [4.78, 5) is 0. The molecule has 1 aliphatic heterocycles. The van der Waals surface area contributed by atoms with Gasteiger partial charge in [-0.15, -0.1) is 0 Å². The molecule has 3 aliphatic carbocycles. The molecule has 4 unspecified atom stereocenters. The Morgan fingerprint density at radius 1 is 1.07 bits per heavy atom. The van der Waals surface area contributed by atoms with Gasteiger partial charge in [-0.25, -0.2) is 5.43 Å². The predicted molar refractivity (Wildman–Crippen MR) is 118 cm³/mol. The summed E-state index contributed by atoms with van der Waals surface area (Å²) in [6.07, 6.45) is 18.8. The molecule has 0 aromatic heterocycles. The molecule has 0 saturated heterocycles. The van der Waals surface area contributed by atoms with Crippen LogP contribution >= 0.6 is 0 Å². The number of anilines is 1. The smallest absolute Gasteiger partial charge is 0.0829 e. The minimum absolute atomic E-state index is 0.181. The molecule has 2 heteroatoms. The molecule has 28 heavy (non-hydrogen) atoms. The van der Waals surface area contributed by atoms with Crippen molar-refractivity contribution in [1.82, 2.24) is 5.43 Å². The van der Waals surface area contributed by atoms with Gasteiger partial charge in [-0.05, 0) is 60.8 Å². The maximum absolute atomic E-state index is 3.95. The lowest BCUT2D eigenvalue weighted by Gasteiger charge is -2.35. The van der Waals surface area contributed by atoms with Gasteiger partial charge in [-0.3, -0.25) is 5.01 Å².